The minimum Gasteiger partial charge on any atom is -0.315 e. The number of piperidine rings is 1. The maximum atomic E-state index is 12.2. The van der Waals surface area contributed by atoms with Gasteiger partial charge in [0.2, 0.25) is 0 Å². The lowest BCUT2D eigenvalue weighted by Gasteiger charge is -2.23. The predicted octanol–water partition coefficient (Wildman–Crippen LogP) is 1.82. The van der Waals surface area contributed by atoms with Gasteiger partial charge in [0, 0.05) is 17.5 Å². The van der Waals surface area contributed by atoms with Crippen molar-refractivity contribution >= 4 is 33.8 Å². The molecule has 1 aromatic rings. The summed E-state index contributed by atoms with van der Waals surface area (Å²) in [5.74, 6) is 0. The first kappa shape index (κ1) is 15.9. The van der Waals surface area contributed by atoms with E-state index >= 15 is 0 Å². The van der Waals surface area contributed by atoms with Crippen LogP contribution in [0.1, 0.15) is 23.3 Å². The van der Waals surface area contributed by atoms with Crippen molar-refractivity contribution in [1.29, 1.82) is 0 Å². The summed E-state index contributed by atoms with van der Waals surface area (Å²) in [6.07, 6.45) is 1.94. The van der Waals surface area contributed by atoms with Crippen molar-refractivity contribution in [3.63, 3.8) is 0 Å². The lowest BCUT2D eigenvalue weighted by molar-refractivity contribution is 0.429. The van der Waals surface area contributed by atoms with E-state index < -0.39 is 10.0 Å². The van der Waals surface area contributed by atoms with Crippen molar-refractivity contribution < 1.29 is 8.42 Å². The van der Waals surface area contributed by atoms with Crippen molar-refractivity contribution in [2.75, 3.05) is 13.1 Å². The Bertz CT molecular complexity index is 493. The molecule has 2 rings (SSSR count). The van der Waals surface area contributed by atoms with E-state index in [1.54, 1.807) is 0 Å². The van der Waals surface area contributed by atoms with Gasteiger partial charge < -0.3 is 5.32 Å². The maximum absolute atomic E-state index is 12.2. The highest BCUT2D eigenvalue weighted by Crippen LogP contribution is 2.26. The summed E-state index contributed by atoms with van der Waals surface area (Å²) in [5.41, 5.74) is 0.837. The van der Waals surface area contributed by atoms with Crippen LogP contribution in [0.25, 0.3) is 0 Å². The number of nitrogens with one attached hydrogen (secondary N) is 2. The van der Waals surface area contributed by atoms with Gasteiger partial charge in [-0.25, -0.2) is 13.1 Å². The summed E-state index contributed by atoms with van der Waals surface area (Å²) < 4.78 is 27.7. The van der Waals surface area contributed by atoms with E-state index in [9.17, 15) is 8.42 Å². The van der Waals surface area contributed by atoms with Crippen molar-refractivity contribution in [3.05, 3.63) is 16.5 Å². The second-order valence-electron chi connectivity index (χ2n) is 4.49. The topological polar surface area (TPSA) is 58.2 Å². The SMILES string of the molecule is Cc1cc(C)c(S(=O)(=O)N[C@@H]2CCCNC2)s1.Cl. The highest BCUT2D eigenvalue weighted by atomic mass is 35.5. The molecular weight excluding hydrogens is 292 g/mol. The number of sulfonamides is 1. The molecule has 0 aliphatic carbocycles. The Morgan fingerprint density at radius 3 is 2.67 bits per heavy atom. The normalized spacial score (nSPS) is 20.4. The lowest BCUT2D eigenvalue weighted by atomic mass is 10.1. The fourth-order valence-electron chi connectivity index (χ4n) is 2.11. The Hall–Kier alpha value is -0.140. The van der Waals surface area contributed by atoms with Crippen LogP contribution in [0.3, 0.4) is 0 Å². The molecule has 1 aromatic heterocycles. The van der Waals surface area contributed by atoms with Gasteiger partial charge in [0.15, 0.2) is 0 Å². The third kappa shape index (κ3) is 3.68. The number of rotatable bonds is 3. The van der Waals surface area contributed by atoms with Crippen LogP contribution >= 0.6 is 23.7 Å². The van der Waals surface area contributed by atoms with E-state index in [0.29, 0.717) is 4.21 Å². The number of hydrogen-bond donors (Lipinski definition) is 2. The first-order valence-electron chi connectivity index (χ1n) is 5.79. The van der Waals surface area contributed by atoms with Gasteiger partial charge in [-0.2, -0.15) is 0 Å². The molecule has 1 aliphatic heterocycles. The van der Waals surface area contributed by atoms with Crippen LogP contribution < -0.4 is 10.0 Å². The molecule has 104 valence electrons. The van der Waals surface area contributed by atoms with Crippen LogP contribution in [-0.4, -0.2) is 27.5 Å². The zero-order chi connectivity index (χ0) is 12.5. The van der Waals surface area contributed by atoms with Gasteiger partial charge in [0.05, 0.1) is 0 Å². The second kappa shape index (κ2) is 6.34. The highest BCUT2D eigenvalue weighted by Gasteiger charge is 2.24. The fraction of sp³-hybridized carbons (Fsp3) is 0.636. The molecule has 2 heterocycles. The third-order valence-electron chi connectivity index (χ3n) is 2.86. The molecule has 1 saturated heterocycles. The molecule has 18 heavy (non-hydrogen) atoms. The molecule has 0 bridgehead atoms. The van der Waals surface area contributed by atoms with Gasteiger partial charge in [-0.15, -0.1) is 23.7 Å². The minimum absolute atomic E-state index is 0. The largest absolute Gasteiger partial charge is 0.315 e. The summed E-state index contributed by atoms with van der Waals surface area (Å²) in [6.45, 7) is 5.48. The smallest absolute Gasteiger partial charge is 0.250 e. The van der Waals surface area contributed by atoms with E-state index in [-0.39, 0.29) is 18.4 Å². The van der Waals surface area contributed by atoms with Crippen LogP contribution in [0.5, 0.6) is 0 Å². The van der Waals surface area contributed by atoms with Gasteiger partial charge >= 0.3 is 0 Å². The molecule has 0 unspecified atom stereocenters. The average molecular weight is 311 g/mol. The summed E-state index contributed by atoms with van der Waals surface area (Å²) in [6, 6.07) is 1.94. The Morgan fingerprint density at radius 2 is 2.17 bits per heavy atom. The number of halogens is 1. The van der Waals surface area contributed by atoms with E-state index in [1.807, 2.05) is 19.9 Å². The first-order chi connectivity index (χ1) is 7.99. The molecule has 0 saturated carbocycles. The lowest BCUT2D eigenvalue weighted by Crippen LogP contribution is -2.45. The summed E-state index contributed by atoms with van der Waals surface area (Å²) in [4.78, 5) is 1.03. The van der Waals surface area contributed by atoms with Gasteiger partial charge in [0.25, 0.3) is 10.0 Å². The Kier molecular flexibility index (Phi) is 5.61. The summed E-state index contributed by atoms with van der Waals surface area (Å²) in [7, 11) is -3.34. The zero-order valence-electron chi connectivity index (χ0n) is 10.5. The van der Waals surface area contributed by atoms with E-state index in [1.165, 1.54) is 11.3 Å². The third-order valence-corrected chi connectivity index (χ3v) is 6.17. The molecule has 0 spiro atoms. The second-order valence-corrected chi connectivity index (χ2v) is 7.66. The Balaban J connectivity index is 0.00000162. The molecular formula is C11H19ClN2O2S2. The minimum atomic E-state index is -3.34. The van der Waals surface area contributed by atoms with Crippen molar-refractivity contribution in [3.8, 4) is 0 Å². The molecule has 0 radical (unpaired) electrons. The average Bonchev–Trinajstić information content (AvgIpc) is 2.59. The molecule has 1 atom stereocenters. The number of aryl methyl sites for hydroxylation is 2. The van der Waals surface area contributed by atoms with E-state index in [0.717, 1.165) is 36.4 Å². The highest BCUT2D eigenvalue weighted by molar-refractivity contribution is 7.91. The van der Waals surface area contributed by atoms with E-state index in [2.05, 4.69) is 10.0 Å². The molecule has 0 amide bonds. The van der Waals surface area contributed by atoms with Crippen LogP contribution in [0.15, 0.2) is 10.3 Å². The van der Waals surface area contributed by atoms with Crippen LogP contribution in [0, 0.1) is 13.8 Å². The molecule has 2 N–H and O–H groups in total. The Labute approximate surface area is 119 Å². The van der Waals surface area contributed by atoms with Gasteiger partial charge in [-0.3, -0.25) is 0 Å². The van der Waals surface area contributed by atoms with Gasteiger partial charge in [-0.05, 0) is 44.9 Å². The van der Waals surface area contributed by atoms with E-state index in [4.69, 9.17) is 0 Å². The van der Waals surface area contributed by atoms with Crippen LogP contribution in [-0.2, 0) is 10.0 Å². The van der Waals surface area contributed by atoms with Crippen LogP contribution in [0.4, 0.5) is 0 Å². The van der Waals surface area contributed by atoms with Gasteiger partial charge in [-0.1, -0.05) is 0 Å². The number of thiophene rings is 1. The monoisotopic (exact) mass is 310 g/mol. The summed E-state index contributed by atoms with van der Waals surface area (Å²) >= 11 is 1.34. The zero-order valence-corrected chi connectivity index (χ0v) is 13.0. The maximum Gasteiger partial charge on any atom is 0.250 e. The van der Waals surface area contributed by atoms with Gasteiger partial charge in [0.1, 0.15) is 4.21 Å². The standard InChI is InChI=1S/C11H18N2O2S2.ClH/c1-8-6-9(2)16-11(8)17(14,15)13-10-4-3-5-12-7-10;/h6,10,12-13H,3-5,7H2,1-2H3;1H/t10-;/m1./s1. The predicted molar refractivity (Wildman–Crippen MR) is 77.3 cm³/mol. The fourth-order valence-corrected chi connectivity index (χ4v) is 5.07. The molecule has 1 fully saturated rings. The molecule has 7 heteroatoms. The first-order valence-corrected chi connectivity index (χ1v) is 8.09. The number of hydrogen-bond acceptors (Lipinski definition) is 4. The molecule has 4 nitrogen and oxygen atoms in total. The molecule has 0 aromatic carbocycles. The van der Waals surface area contributed by atoms with Crippen molar-refractivity contribution in [2.24, 2.45) is 0 Å². The van der Waals surface area contributed by atoms with Crippen molar-refractivity contribution in [2.45, 2.75) is 36.9 Å². The molecule has 1 aliphatic rings. The quantitative estimate of drug-likeness (QED) is 0.895. The Morgan fingerprint density at radius 1 is 1.44 bits per heavy atom. The summed E-state index contributed by atoms with van der Waals surface area (Å²) in [5, 5.41) is 3.21. The van der Waals surface area contributed by atoms with Crippen molar-refractivity contribution in [1.82, 2.24) is 10.0 Å². The van der Waals surface area contributed by atoms with Crippen LogP contribution in [0.2, 0.25) is 0 Å².